The van der Waals surface area contributed by atoms with Crippen LogP contribution in [0.2, 0.25) is 0 Å². The number of likely N-dealkylation sites (tertiary alicyclic amines) is 1. The largest absolute Gasteiger partial charge is 0.508 e. The van der Waals surface area contributed by atoms with Gasteiger partial charge in [0.2, 0.25) is 0 Å². The van der Waals surface area contributed by atoms with Gasteiger partial charge in [0.25, 0.3) is 0 Å². The average Bonchev–Trinajstić information content (AvgIpc) is 3.05. The van der Waals surface area contributed by atoms with Crippen LogP contribution in [0.5, 0.6) is 5.75 Å². The van der Waals surface area contributed by atoms with Crippen molar-refractivity contribution in [3.8, 4) is 16.2 Å². The predicted molar refractivity (Wildman–Crippen MR) is 104 cm³/mol. The van der Waals surface area contributed by atoms with Gasteiger partial charge in [0.05, 0.1) is 12.2 Å². The Morgan fingerprint density at radius 1 is 1.25 bits per heavy atom. The molecule has 4 amide bonds. The Balaban J connectivity index is 1.83. The van der Waals surface area contributed by atoms with E-state index in [4.69, 9.17) is 16.2 Å². The number of nitrogens with zero attached hydrogens (tertiary/aromatic N) is 1. The highest BCUT2D eigenvalue weighted by molar-refractivity contribution is 7.18. The number of benzene rings is 1. The number of anilines is 1. The highest BCUT2D eigenvalue weighted by Gasteiger charge is 2.27. The molecule has 6 N–H and O–H groups in total. The summed E-state index contributed by atoms with van der Waals surface area (Å²) in [7, 11) is 0. The molecule has 1 aromatic heterocycles. The number of carbonyl (C=O) groups excluding carboxylic acids is 3. The Morgan fingerprint density at radius 3 is 2.71 bits per heavy atom. The molecule has 0 bridgehead atoms. The number of urea groups is 2. The first kappa shape index (κ1) is 19.5. The summed E-state index contributed by atoms with van der Waals surface area (Å²) in [5.41, 5.74) is 11.4. The third kappa shape index (κ3) is 4.52. The molecule has 1 aliphatic heterocycles. The fourth-order valence-corrected chi connectivity index (χ4v) is 4.00. The van der Waals surface area contributed by atoms with Crippen LogP contribution in [0.15, 0.2) is 30.3 Å². The monoisotopic (exact) mass is 404 g/mol. The summed E-state index contributed by atoms with van der Waals surface area (Å²) in [6.07, 6.45) is 0.798. The molecule has 148 valence electrons. The zero-order valence-corrected chi connectivity index (χ0v) is 15.7. The first-order valence-corrected chi connectivity index (χ1v) is 9.40. The fourth-order valence-electron chi connectivity index (χ4n) is 3.01. The molecular formula is C18H20N4O5S. The lowest BCUT2D eigenvalue weighted by molar-refractivity contribution is 0.0134. The number of hydrogen-bond acceptors (Lipinski definition) is 6. The van der Waals surface area contributed by atoms with Crippen molar-refractivity contribution in [3.63, 3.8) is 0 Å². The van der Waals surface area contributed by atoms with E-state index in [0.717, 1.165) is 11.3 Å². The van der Waals surface area contributed by atoms with Gasteiger partial charge in [0.1, 0.15) is 16.7 Å². The molecule has 0 aliphatic carbocycles. The van der Waals surface area contributed by atoms with Crippen LogP contribution in [0.25, 0.3) is 10.4 Å². The van der Waals surface area contributed by atoms with Crippen molar-refractivity contribution in [2.24, 2.45) is 11.5 Å². The molecule has 1 atom stereocenters. The Bertz CT molecular complexity index is 913. The second kappa shape index (κ2) is 8.17. The van der Waals surface area contributed by atoms with Crippen molar-refractivity contribution in [2.75, 3.05) is 18.4 Å². The Labute approximate surface area is 164 Å². The number of aromatic hydroxyl groups is 1. The molecular weight excluding hydrogens is 384 g/mol. The quantitative estimate of drug-likeness (QED) is 0.577. The van der Waals surface area contributed by atoms with Gasteiger partial charge in [-0.1, -0.05) is 12.1 Å². The van der Waals surface area contributed by atoms with E-state index in [-0.39, 0.29) is 22.9 Å². The maximum atomic E-state index is 12.7. The van der Waals surface area contributed by atoms with E-state index in [1.54, 1.807) is 24.3 Å². The number of amides is 4. The summed E-state index contributed by atoms with van der Waals surface area (Å²) >= 11 is 1.11. The topological polar surface area (TPSA) is 148 Å². The molecule has 1 fully saturated rings. The molecule has 1 aliphatic rings. The SMILES string of the molecule is NC(=O)Nc1cc(-c2cccc(O)c2)sc1C(=O)OC1CCCN(C(N)=O)C1. The summed E-state index contributed by atoms with van der Waals surface area (Å²) < 4.78 is 5.53. The Morgan fingerprint density at radius 2 is 2.04 bits per heavy atom. The van der Waals surface area contributed by atoms with E-state index in [2.05, 4.69) is 5.32 Å². The number of ether oxygens (including phenoxy) is 1. The van der Waals surface area contributed by atoms with Crippen molar-refractivity contribution in [1.29, 1.82) is 0 Å². The van der Waals surface area contributed by atoms with E-state index in [1.165, 1.54) is 11.0 Å². The molecule has 10 heteroatoms. The van der Waals surface area contributed by atoms with Gasteiger partial charge in [-0.25, -0.2) is 14.4 Å². The number of piperidine rings is 1. The number of carbonyl (C=O) groups is 3. The second-order valence-electron chi connectivity index (χ2n) is 6.35. The normalized spacial score (nSPS) is 16.4. The zero-order chi connectivity index (χ0) is 20.3. The van der Waals surface area contributed by atoms with Crippen molar-refractivity contribution < 1.29 is 24.2 Å². The molecule has 0 radical (unpaired) electrons. The van der Waals surface area contributed by atoms with Gasteiger partial charge in [0, 0.05) is 11.4 Å². The summed E-state index contributed by atoms with van der Waals surface area (Å²) in [5.74, 6) is -0.551. The Hall–Kier alpha value is -3.27. The minimum Gasteiger partial charge on any atom is -0.508 e. The van der Waals surface area contributed by atoms with Crippen LogP contribution >= 0.6 is 11.3 Å². The molecule has 0 saturated carbocycles. The molecule has 2 aromatic rings. The molecule has 2 heterocycles. The van der Waals surface area contributed by atoms with Crippen LogP contribution in [0.3, 0.4) is 0 Å². The van der Waals surface area contributed by atoms with Gasteiger partial charge >= 0.3 is 18.0 Å². The third-order valence-corrected chi connectivity index (χ3v) is 5.43. The molecule has 28 heavy (non-hydrogen) atoms. The maximum Gasteiger partial charge on any atom is 0.350 e. The molecule has 3 rings (SSSR count). The van der Waals surface area contributed by atoms with Gasteiger partial charge in [-0.15, -0.1) is 11.3 Å². The second-order valence-corrected chi connectivity index (χ2v) is 7.40. The van der Waals surface area contributed by atoms with Gasteiger partial charge in [-0.3, -0.25) is 0 Å². The molecule has 0 spiro atoms. The minimum absolute atomic E-state index is 0.0770. The third-order valence-electron chi connectivity index (χ3n) is 4.27. The minimum atomic E-state index is -0.813. The van der Waals surface area contributed by atoms with E-state index >= 15 is 0 Å². The number of nitrogens with two attached hydrogens (primary N) is 2. The number of nitrogens with one attached hydrogen (secondary N) is 1. The van der Waals surface area contributed by atoms with E-state index in [1.807, 2.05) is 0 Å². The lowest BCUT2D eigenvalue weighted by Crippen LogP contribution is -2.46. The summed E-state index contributed by atoms with van der Waals surface area (Å²) in [6, 6.07) is 6.73. The van der Waals surface area contributed by atoms with Gasteiger partial charge in [0.15, 0.2) is 0 Å². The zero-order valence-electron chi connectivity index (χ0n) is 14.9. The number of primary amides is 2. The maximum absolute atomic E-state index is 12.7. The molecule has 1 unspecified atom stereocenters. The van der Waals surface area contributed by atoms with Crippen LogP contribution in [-0.2, 0) is 4.74 Å². The van der Waals surface area contributed by atoms with E-state index < -0.39 is 24.1 Å². The first-order chi connectivity index (χ1) is 13.3. The van der Waals surface area contributed by atoms with Crippen molar-refractivity contribution >= 4 is 35.1 Å². The van der Waals surface area contributed by atoms with Crippen molar-refractivity contribution in [3.05, 3.63) is 35.2 Å². The Kier molecular flexibility index (Phi) is 5.69. The lowest BCUT2D eigenvalue weighted by Gasteiger charge is -2.31. The van der Waals surface area contributed by atoms with E-state index in [0.29, 0.717) is 29.8 Å². The summed E-state index contributed by atoms with van der Waals surface area (Å²) in [5, 5.41) is 12.1. The number of rotatable bonds is 4. The van der Waals surface area contributed by atoms with Crippen LogP contribution in [-0.4, -0.2) is 47.2 Å². The van der Waals surface area contributed by atoms with Gasteiger partial charge < -0.3 is 31.5 Å². The van der Waals surface area contributed by atoms with Gasteiger partial charge in [-0.2, -0.15) is 0 Å². The van der Waals surface area contributed by atoms with Crippen LogP contribution < -0.4 is 16.8 Å². The van der Waals surface area contributed by atoms with Crippen molar-refractivity contribution in [1.82, 2.24) is 4.90 Å². The van der Waals surface area contributed by atoms with Crippen LogP contribution in [0.4, 0.5) is 15.3 Å². The van der Waals surface area contributed by atoms with Crippen LogP contribution in [0.1, 0.15) is 22.5 Å². The number of phenolic OH excluding ortho intramolecular Hbond substituents is 1. The van der Waals surface area contributed by atoms with Crippen molar-refractivity contribution in [2.45, 2.75) is 18.9 Å². The molecule has 1 saturated heterocycles. The van der Waals surface area contributed by atoms with Crippen LogP contribution in [0, 0.1) is 0 Å². The highest BCUT2D eigenvalue weighted by Crippen LogP contribution is 2.36. The smallest absolute Gasteiger partial charge is 0.350 e. The van der Waals surface area contributed by atoms with Gasteiger partial charge in [-0.05, 0) is 36.6 Å². The fraction of sp³-hybridized carbons (Fsp3) is 0.278. The summed E-state index contributed by atoms with van der Waals surface area (Å²) in [6.45, 7) is 0.753. The number of phenols is 1. The standard InChI is InChI=1S/C18H20N4O5S/c19-17(25)21-13-8-14(10-3-1-4-11(23)7-10)28-15(13)16(24)27-12-5-2-6-22(9-12)18(20)26/h1,3-4,7-8,12,23H,2,5-6,9H2,(H2,20,26)(H3,19,21,25). The number of thiophene rings is 1. The first-order valence-electron chi connectivity index (χ1n) is 8.58. The predicted octanol–water partition coefficient (Wildman–Crippen LogP) is 2.31. The van der Waals surface area contributed by atoms with E-state index in [9.17, 15) is 19.5 Å². The highest BCUT2D eigenvalue weighted by atomic mass is 32.1. The average molecular weight is 404 g/mol. The number of esters is 1. The molecule has 9 nitrogen and oxygen atoms in total. The summed E-state index contributed by atoms with van der Waals surface area (Å²) in [4.78, 5) is 37.6. The number of hydrogen-bond donors (Lipinski definition) is 4. The molecule has 1 aromatic carbocycles. The lowest BCUT2D eigenvalue weighted by atomic mass is 10.1.